The fourth-order valence-electron chi connectivity index (χ4n) is 2.90. The average Bonchev–Trinajstić information content (AvgIpc) is 3.10. The van der Waals surface area contributed by atoms with E-state index < -0.39 is 0 Å². The zero-order valence-corrected chi connectivity index (χ0v) is 19.5. The quantitative estimate of drug-likeness (QED) is 0.207. The highest BCUT2D eigenvalue weighted by Crippen LogP contribution is 2.22. The Hall–Kier alpha value is -1.74. The van der Waals surface area contributed by atoms with Crippen LogP contribution in [0.1, 0.15) is 18.2 Å². The van der Waals surface area contributed by atoms with E-state index in [2.05, 4.69) is 70.1 Å². The zero-order valence-electron chi connectivity index (χ0n) is 16.4. The second-order valence-electron chi connectivity index (χ2n) is 6.26. The molecule has 28 heavy (non-hydrogen) atoms. The lowest BCUT2D eigenvalue weighted by molar-refractivity contribution is 0.708. The molecule has 0 unspecified atom stereocenters. The third-order valence-corrected chi connectivity index (χ3v) is 5.35. The normalized spacial score (nSPS) is 11.3. The van der Waals surface area contributed by atoms with Crippen molar-refractivity contribution in [1.82, 2.24) is 20.4 Å². The highest BCUT2D eigenvalue weighted by Gasteiger charge is 2.02. The molecule has 0 saturated carbocycles. The van der Waals surface area contributed by atoms with Crippen LogP contribution < -0.4 is 10.6 Å². The maximum atomic E-state index is 4.64. The summed E-state index contributed by atoms with van der Waals surface area (Å²) < 4.78 is 1.85. The summed E-state index contributed by atoms with van der Waals surface area (Å²) in [5.74, 6) is 2.90. The van der Waals surface area contributed by atoms with E-state index in [4.69, 9.17) is 0 Å². The fraction of sp³-hybridized carbons (Fsp3) is 0.333. The van der Waals surface area contributed by atoms with Gasteiger partial charge in [-0.2, -0.15) is 16.9 Å². The van der Waals surface area contributed by atoms with Crippen LogP contribution in [0.4, 0.5) is 0 Å². The van der Waals surface area contributed by atoms with Gasteiger partial charge in [-0.05, 0) is 29.3 Å². The lowest BCUT2D eigenvalue weighted by atomic mass is 10.1. The average molecular weight is 509 g/mol. The Morgan fingerprint density at radius 2 is 1.93 bits per heavy atom. The summed E-state index contributed by atoms with van der Waals surface area (Å²) in [6.45, 7) is 4.43. The van der Waals surface area contributed by atoms with E-state index in [0.717, 1.165) is 36.2 Å². The predicted molar refractivity (Wildman–Crippen MR) is 132 cm³/mol. The third kappa shape index (κ3) is 6.41. The van der Waals surface area contributed by atoms with Gasteiger partial charge in [-0.3, -0.25) is 4.68 Å². The number of guanidine groups is 1. The van der Waals surface area contributed by atoms with Gasteiger partial charge in [0.1, 0.15) is 0 Å². The molecule has 1 heterocycles. The first kappa shape index (κ1) is 22.5. The van der Waals surface area contributed by atoms with Crippen molar-refractivity contribution in [3.63, 3.8) is 0 Å². The Bertz CT molecular complexity index is 888. The SMILES string of the molecule is CCNC(=NCc1ccnn1C)NCCSCc1cccc2ccccc12.I. The van der Waals surface area contributed by atoms with E-state index in [0.29, 0.717) is 6.54 Å². The van der Waals surface area contributed by atoms with Gasteiger partial charge in [-0.25, -0.2) is 4.99 Å². The summed E-state index contributed by atoms with van der Waals surface area (Å²) in [6, 6.07) is 17.1. The van der Waals surface area contributed by atoms with Crippen molar-refractivity contribution in [1.29, 1.82) is 0 Å². The second kappa shape index (κ2) is 12.0. The van der Waals surface area contributed by atoms with Crippen molar-refractivity contribution < 1.29 is 0 Å². The van der Waals surface area contributed by atoms with Crippen LogP contribution in [0.3, 0.4) is 0 Å². The minimum absolute atomic E-state index is 0. The summed E-state index contributed by atoms with van der Waals surface area (Å²) in [5.41, 5.74) is 2.49. The van der Waals surface area contributed by atoms with Gasteiger partial charge in [0.25, 0.3) is 0 Å². The van der Waals surface area contributed by atoms with E-state index in [9.17, 15) is 0 Å². The molecule has 0 spiro atoms. The van der Waals surface area contributed by atoms with Crippen LogP contribution >= 0.6 is 35.7 Å². The van der Waals surface area contributed by atoms with E-state index in [-0.39, 0.29) is 24.0 Å². The molecule has 0 amide bonds. The number of rotatable bonds is 8. The Labute approximate surface area is 188 Å². The number of halogens is 1. The molecule has 3 aromatic rings. The number of thioether (sulfide) groups is 1. The van der Waals surface area contributed by atoms with E-state index in [1.165, 1.54) is 16.3 Å². The molecule has 2 aromatic carbocycles. The van der Waals surface area contributed by atoms with Gasteiger partial charge in [0.05, 0.1) is 12.2 Å². The van der Waals surface area contributed by atoms with Crippen molar-refractivity contribution in [3.8, 4) is 0 Å². The van der Waals surface area contributed by atoms with E-state index in [1.807, 2.05) is 29.6 Å². The lowest BCUT2D eigenvalue weighted by Gasteiger charge is -2.11. The highest BCUT2D eigenvalue weighted by atomic mass is 127. The molecule has 2 N–H and O–H groups in total. The van der Waals surface area contributed by atoms with Crippen LogP contribution in [0.15, 0.2) is 59.7 Å². The first-order valence-corrected chi connectivity index (χ1v) is 10.5. The number of benzene rings is 2. The lowest BCUT2D eigenvalue weighted by Crippen LogP contribution is -2.38. The molecule has 0 aliphatic carbocycles. The first-order valence-electron chi connectivity index (χ1n) is 9.31. The standard InChI is InChI=1S/C21H27N5S.HI/c1-3-22-21(24-15-19-11-12-25-26(19)2)23-13-14-27-16-18-9-6-8-17-7-4-5-10-20(17)18;/h4-12H,3,13-16H2,1-2H3,(H2,22,23,24);1H. The summed E-state index contributed by atoms with van der Waals surface area (Å²) in [7, 11) is 1.94. The Kier molecular flexibility index (Phi) is 9.63. The number of nitrogens with one attached hydrogen (secondary N) is 2. The number of nitrogens with zero attached hydrogens (tertiary/aromatic N) is 3. The summed E-state index contributed by atoms with van der Waals surface area (Å²) in [5, 5.41) is 13.6. The van der Waals surface area contributed by atoms with E-state index >= 15 is 0 Å². The molecular weight excluding hydrogens is 481 g/mol. The molecule has 3 rings (SSSR count). The Morgan fingerprint density at radius 1 is 1.11 bits per heavy atom. The minimum atomic E-state index is 0. The fourth-order valence-corrected chi connectivity index (χ4v) is 3.76. The molecule has 150 valence electrons. The largest absolute Gasteiger partial charge is 0.357 e. The number of fused-ring (bicyclic) bond motifs is 1. The molecule has 0 saturated heterocycles. The van der Waals surface area contributed by atoms with Gasteiger partial charge in [-0.1, -0.05) is 42.5 Å². The van der Waals surface area contributed by atoms with Gasteiger partial charge in [-0.15, -0.1) is 24.0 Å². The molecule has 5 nitrogen and oxygen atoms in total. The maximum absolute atomic E-state index is 4.64. The molecule has 0 fully saturated rings. The topological polar surface area (TPSA) is 54.2 Å². The summed E-state index contributed by atoms with van der Waals surface area (Å²) in [6.07, 6.45) is 1.80. The van der Waals surface area contributed by atoms with Crippen molar-refractivity contribution in [2.45, 2.75) is 19.2 Å². The number of aryl methyl sites for hydroxylation is 1. The molecule has 0 bridgehead atoms. The van der Waals surface area contributed by atoms with Crippen molar-refractivity contribution >= 4 is 52.5 Å². The highest BCUT2D eigenvalue weighted by molar-refractivity contribution is 14.0. The smallest absolute Gasteiger partial charge is 0.191 e. The van der Waals surface area contributed by atoms with Crippen molar-refractivity contribution in [2.75, 3.05) is 18.8 Å². The van der Waals surface area contributed by atoms with Crippen molar-refractivity contribution in [2.24, 2.45) is 12.0 Å². The van der Waals surface area contributed by atoms with Crippen LogP contribution in [0.25, 0.3) is 10.8 Å². The predicted octanol–water partition coefficient (Wildman–Crippen LogP) is 4.18. The van der Waals surface area contributed by atoms with Crippen LogP contribution in [-0.4, -0.2) is 34.6 Å². The van der Waals surface area contributed by atoms with Gasteiger partial charge in [0, 0.05) is 37.8 Å². The van der Waals surface area contributed by atoms with Crippen LogP contribution in [0.5, 0.6) is 0 Å². The molecule has 0 radical (unpaired) electrons. The Morgan fingerprint density at radius 3 is 2.71 bits per heavy atom. The van der Waals surface area contributed by atoms with Crippen LogP contribution in [-0.2, 0) is 19.3 Å². The summed E-state index contributed by atoms with van der Waals surface area (Å²) >= 11 is 1.94. The molecule has 0 aliphatic rings. The minimum Gasteiger partial charge on any atom is -0.357 e. The van der Waals surface area contributed by atoms with Gasteiger partial charge in [0.15, 0.2) is 5.96 Å². The maximum Gasteiger partial charge on any atom is 0.191 e. The van der Waals surface area contributed by atoms with E-state index in [1.54, 1.807) is 6.20 Å². The van der Waals surface area contributed by atoms with Crippen LogP contribution in [0, 0.1) is 0 Å². The van der Waals surface area contributed by atoms with Gasteiger partial charge >= 0.3 is 0 Å². The monoisotopic (exact) mass is 509 g/mol. The van der Waals surface area contributed by atoms with Gasteiger partial charge in [0.2, 0.25) is 0 Å². The molecule has 0 atom stereocenters. The number of aliphatic imine (C=N–C) groups is 1. The molecule has 0 aliphatic heterocycles. The Balaban J connectivity index is 0.00000280. The molecule has 7 heteroatoms. The van der Waals surface area contributed by atoms with Gasteiger partial charge < -0.3 is 10.6 Å². The van der Waals surface area contributed by atoms with Crippen LogP contribution in [0.2, 0.25) is 0 Å². The number of aromatic nitrogens is 2. The molecule has 1 aromatic heterocycles. The summed E-state index contributed by atoms with van der Waals surface area (Å²) in [4.78, 5) is 4.64. The second-order valence-corrected chi connectivity index (χ2v) is 7.36. The first-order chi connectivity index (χ1) is 13.3. The number of hydrogen-bond donors (Lipinski definition) is 2. The third-order valence-electron chi connectivity index (χ3n) is 4.34. The molecular formula is C21H28IN5S. The zero-order chi connectivity index (χ0) is 18.9. The number of hydrogen-bond acceptors (Lipinski definition) is 3. The van der Waals surface area contributed by atoms with Crippen molar-refractivity contribution in [3.05, 3.63) is 66.0 Å².